The molecule has 0 N–H and O–H groups in total. The molecule has 0 saturated carbocycles. The van der Waals surface area contributed by atoms with Crippen molar-refractivity contribution in [2.75, 3.05) is 0 Å². The maximum Gasteiger partial charge on any atom is 0.142 e. The second-order valence-electron chi connectivity index (χ2n) is 2.70. The molecule has 2 aromatic rings. The summed E-state index contributed by atoms with van der Waals surface area (Å²) in [6, 6.07) is 13.4. The molecule has 0 fully saturated rings. The fourth-order valence-corrected chi connectivity index (χ4v) is 0.941. The first-order chi connectivity index (χ1) is 7.43. The predicted octanol–water partition coefficient (Wildman–Crippen LogP) is 3.18. The number of rotatable bonds is 2. The molecule has 0 saturated heterocycles. The Balaban J connectivity index is 0.000000187. The summed E-state index contributed by atoms with van der Waals surface area (Å²) in [4.78, 5) is 9.89. The van der Waals surface area contributed by atoms with Crippen LogP contribution in [0.2, 0.25) is 0 Å². The lowest BCUT2D eigenvalue weighted by molar-refractivity contribution is -0.104. The third kappa shape index (κ3) is 5.26. The van der Waals surface area contributed by atoms with E-state index in [0.717, 1.165) is 11.8 Å². The Kier molecular flexibility index (Phi) is 5.37. The van der Waals surface area contributed by atoms with Crippen molar-refractivity contribution in [3.8, 4) is 0 Å². The minimum absolute atomic E-state index is 0.771. The highest BCUT2D eigenvalue weighted by Gasteiger charge is 1.79. The molecule has 0 bridgehead atoms. The highest BCUT2D eigenvalue weighted by Crippen LogP contribution is 1.99. The van der Waals surface area contributed by atoms with Crippen molar-refractivity contribution in [2.24, 2.45) is 0 Å². The van der Waals surface area contributed by atoms with Crippen LogP contribution in [-0.2, 0) is 4.79 Å². The van der Waals surface area contributed by atoms with Gasteiger partial charge in [-0.25, -0.2) is 0 Å². The van der Waals surface area contributed by atoms with Crippen molar-refractivity contribution in [3.63, 3.8) is 0 Å². The second kappa shape index (κ2) is 7.33. The van der Waals surface area contributed by atoms with Crippen LogP contribution in [0.25, 0.3) is 6.08 Å². The highest BCUT2D eigenvalue weighted by molar-refractivity contribution is 5.73. The molecule has 2 rings (SSSR count). The fraction of sp³-hybridized carbons (Fsp3) is 0. The lowest BCUT2D eigenvalue weighted by Gasteiger charge is -1.86. The number of aldehydes is 1. The van der Waals surface area contributed by atoms with Gasteiger partial charge in [-0.15, -0.1) is 0 Å². The van der Waals surface area contributed by atoms with Gasteiger partial charge in [0.05, 0.1) is 12.5 Å². The van der Waals surface area contributed by atoms with Crippen molar-refractivity contribution in [2.45, 2.75) is 0 Å². The van der Waals surface area contributed by atoms with Gasteiger partial charge in [-0.1, -0.05) is 36.4 Å². The molecule has 2 nitrogen and oxygen atoms in total. The Hall–Kier alpha value is -2.09. The van der Waals surface area contributed by atoms with Gasteiger partial charge in [-0.3, -0.25) is 4.79 Å². The van der Waals surface area contributed by atoms with Crippen LogP contribution in [0.1, 0.15) is 5.56 Å². The van der Waals surface area contributed by atoms with E-state index in [-0.39, 0.29) is 0 Å². The summed E-state index contributed by atoms with van der Waals surface area (Å²) in [5.74, 6) is 0. The number of furan rings is 1. The zero-order chi connectivity index (χ0) is 10.8. The Morgan fingerprint density at radius 3 is 2.07 bits per heavy atom. The van der Waals surface area contributed by atoms with Crippen LogP contribution in [0, 0.1) is 0 Å². The third-order valence-corrected chi connectivity index (χ3v) is 1.59. The molecule has 0 aliphatic carbocycles. The summed E-state index contributed by atoms with van der Waals surface area (Å²) in [6.45, 7) is 0. The van der Waals surface area contributed by atoms with Crippen molar-refractivity contribution >= 4 is 12.4 Å². The van der Waals surface area contributed by atoms with Crippen LogP contribution in [0.15, 0.2) is 65.5 Å². The molecule has 1 aromatic heterocycles. The zero-order valence-corrected chi connectivity index (χ0v) is 8.24. The lowest BCUT2D eigenvalue weighted by atomic mass is 10.2. The molecular formula is C13H12O2. The number of hydrogen-bond acceptors (Lipinski definition) is 2. The number of allylic oxidation sites excluding steroid dienone is 1. The van der Waals surface area contributed by atoms with Crippen LogP contribution in [-0.4, -0.2) is 6.29 Å². The molecule has 0 radical (unpaired) electrons. The van der Waals surface area contributed by atoms with Crippen molar-refractivity contribution in [1.29, 1.82) is 0 Å². The number of benzene rings is 1. The second-order valence-corrected chi connectivity index (χ2v) is 2.70. The molecule has 0 amide bonds. The van der Waals surface area contributed by atoms with Crippen LogP contribution < -0.4 is 0 Å². The number of hydrogen-bond donors (Lipinski definition) is 0. The Morgan fingerprint density at radius 2 is 1.60 bits per heavy atom. The molecule has 1 aromatic carbocycles. The quantitative estimate of drug-likeness (QED) is 0.550. The SMILES string of the molecule is O=C/C=C/c1ccccc1.c1ccoc1. The van der Waals surface area contributed by atoms with Gasteiger partial charge in [-0.2, -0.15) is 0 Å². The van der Waals surface area contributed by atoms with Crippen molar-refractivity contribution < 1.29 is 9.21 Å². The minimum atomic E-state index is 0.771. The van der Waals surface area contributed by atoms with Crippen molar-refractivity contribution in [1.82, 2.24) is 0 Å². The van der Waals surface area contributed by atoms with E-state index in [1.807, 2.05) is 42.5 Å². The van der Waals surface area contributed by atoms with E-state index < -0.39 is 0 Å². The van der Waals surface area contributed by atoms with Crippen LogP contribution >= 0.6 is 0 Å². The third-order valence-electron chi connectivity index (χ3n) is 1.59. The van der Waals surface area contributed by atoms with Gasteiger partial charge in [0.1, 0.15) is 6.29 Å². The van der Waals surface area contributed by atoms with E-state index in [9.17, 15) is 4.79 Å². The standard InChI is InChI=1S/C9H8O.C4H4O/c10-8-4-7-9-5-2-1-3-6-9;1-2-4-5-3-1/h1-8H;1-4H/b7-4+;. The predicted molar refractivity (Wildman–Crippen MR) is 60.2 cm³/mol. The first-order valence-electron chi connectivity index (χ1n) is 4.57. The van der Waals surface area contributed by atoms with Crippen LogP contribution in [0.5, 0.6) is 0 Å². The first kappa shape index (κ1) is 11.0. The number of carbonyl (C=O) groups is 1. The molecule has 0 aliphatic rings. The fourth-order valence-electron chi connectivity index (χ4n) is 0.941. The molecule has 76 valence electrons. The molecule has 15 heavy (non-hydrogen) atoms. The maximum absolute atomic E-state index is 9.89. The molecule has 1 heterocycles. The molecular weight excluding hydrogens is 188 g/mol. The smallest absolute Gasteiger partial charge is 0.142 e. The zero-order valence-electron chi connectivity index (χ0n) is 8.24. The van der Waals surface area contributed by atoms with Crippen LogP contribution in [0.3, 0.4) is 0 Å². The van der Waals surface area contributed by atoms with E-state index in [4.69, 9.17) is 0 Å². The van der Waals surface area contributed by atoms with Crippen LogP contribution in [0.4, 0.5) is 0 Å². The summed E-state index contributed by atoms with van der Waals surface area (Å²) in [5, 5.41) is 0. The summed E-state index contributed by atoms with van der Waals surface area (Å²) in [6.07, 6.45) is 7.27. The normalized spacial score (nSPS) is 9.33. The van der Waals surface area contributed by atoms with E-state index in [0.29, 0.717) is 0 Å². The molecule has 0 spiro atoms. The van der Waals surface area contributed by atoms with Gasteiger partial charge in [0.25, 0.3) is 0 Å². The van der Waals surface area contributed by atoms with E-state index in [2.05, 4.69) is 4.42 Å². The van der Waals surface area contributed by atoms with Gasteiger partial charge < -0.3 is 4.42 Å². The van der Waals surface area contributed by atoms with E-state index >= 15 is 0 Å². The number of carbonyl (C=O) groups excluding carboxylic acids is 1. The first-order valence-corrected chi connectivity index (χ1v) is 4.57. The monoisotopic (exact) mass is 200 g/mol. The molecule has 0 atom stereocenters. The summed E-state index contributed by atoms with van der Waals surface area (Å²) in [5.41, 5.74) is 1.05. The maximum atomic E-state index is 9.89. The minimum Gasteiger partial charge on any atom is -0.473 e. The molecule has 2 heteroatoms. The van der Waals surface area contributed by atoms with Gasteiger partial charge in [0.2, 0.25) is 0 Å². The largest absolute Gasteiger partial charge is 0.473 e. The van der Waals surface area contributed by atoms with E-state index in [1.165, 1.54) is 6.08 Å². The van der Waals surface area contributed by atoms with Gasteiger partial charge >= 0.3 is 0 Å². The summed E-state index contributed by atoms with van der Waals surface area (Å²) < 4.78 is 4.58. The lowest BCUT2D eigenvalue weighted by Crippen LogP contribution is -1.67. The van der Waals surface area contributed by atoms with Gasteiger partial charge in [0.15, 0.2) is 0 Å². The highest BCUT2D eigenvalue weighted by atomic mass is 16.3. The topological polar surface area (TPSA) is 30.2 Å². The Morgan fingerprint density at radius 1 is 0.933 bits per heavy atom. The average molecular weight is 200 g/mol. The van der Waals surface area contributed by atoms with Gasteiger partial charge in [-0.05, 0) is 23.8 Å². The van der Waals surface area contributed by atoms with Gasteiger partial charge in [0, 0.05) is 0 Å². The summed E-state index contributed by atoms with van der Waals surface area (Å²) >= 11 is 0. The summed E-state index contributed by atoms with van der Waals surface area (Å²) in [7, 11) is 0. The van der Waals surface area contributed by atoms with E-state index in [1.54, 1.807) is 18.6 Å². The average Bonchev–Trinajstić information content (AvgIpc) is 2.86. The molecule has 0 aliphatic heterocycles. The Bertz CT molecular complexity index is 357. The molecule has 0 unspecified atom stereocenters. The van der Waals surface area contributed by atoms with Crippen molar-refractivity contribution in [3.05, 3.63) is 66.6 Å². The Labute approximate surface area is 88.9 Å².